The summed E-state index contributed by atoms with van der Waals surface area (Å²) in [5.41, 5.74) is 1.24. The molecule has 1 fully saturated rings. The molecule has 0 bridgehead atoms. The molecule has 0 spiro atoms. The van der Waals surface area contributed by atoms with E-state index in [4.69, 9.17) is 10.00 Å². The second-order valence-corrected chi connectivity index (χ2v) is 5.80. The van der Waals surface area contributed by atoms with Gasteiger partial charge in [0.15, 0.2) is 0 Å². The Hall–Kier alpha value is -1.90. The maximum Gasteiger partial charge on any atom is 0.305 e. The van der Waals surface area contributed by atoms with Gasteiger partial charge in [0.1, 0.15) is 0 Å². The summed E-state index contributed by atoms with van der Waals surface area (Å²) in [6.45, 7) is 2.84. The third-order valence-electron chi connectivity index (χ3n) is 4.03. The SMILES string of the molecule is COC(=O)CC1CC(NCc2ccccc2)CN(CC#N)C1. The highest BCUT2D eigenvalue weighted by molar-refractivity contribution is 5.69. The number of nitrogens with zero attached hydrogens (tertiary/aromatic N) is 2. The number of esters is 1. The molecule has 0 aliphatic carbocycles. The van der Waals surface area contributed by atoms with Crippen LogP contribution in [0.25, 0.3) is 0 Å². The Morgan fingerprint density at radius 3 is 2.86 bits per heavy atom. The van der Waals surface area contributed by atoms with Crippen molar-refractivity contribution in [2.75, 3.05) is 26.7 Å². The molecule has 1 N–H and O–H groups in total. The van der Waals surface area contributed by atoms with Crippen LogP contribution in [0.5, 0.6) is 0 Å². The van der Waals surface area contributed by atoms with Gasteiger partial charge in [0, 0.05) is 32.1 Å². The van der Waals surface area contributed by atoms with E-state index in [1.165, 1.54) is 12.7 Å². The lowest BCUT2D eigenvalue weighted by Gasteiger charge is -2.36. The van der Waals surface area contributed by atoms with Gasteiger partial charge in [0.05, 0.1) is 19.7 Å². The summed E-state index contributed by atoms with van der Waals surface area (Å²) in [6, 6.07) is 12.7. The monoisotopic (exact) mass is 301 g/mol. The van der Waals surface area contributed by atoms with Crippen LogP contribution in [-0.4, -0.2) is 43.7 Å². The Kier molecular flexibility index (Phi) is 6.38. The number of carbonyl (C=O) groups is 1. The second kappa shape index (κ2) is 8.52. The number of rotatable bonds is 6. The fourth-order valence-corrected chi connectivity index (χ4v) is 3.00. The summed E-state index contributed by atoms with van der Waals surface area (Å²) in [5, 5.41) is 12.5. The zero-order valence-corrected chi connectivity index (χ0v) is 13.0. The van der Waals surface area contributed by atoms with Gasteiger partial charge in [0.2, 0.25) is 0 Å². The fourth-order valence-electron chi connectivity index (χ4n) is 3.00. The van der Waals surface area contributed by atoms with Gasteiger partial charge in [-0.3, -0.25) is 9.69 Å². The number of piperidine rings is 1. The molecule has 5 nitrogen and oxygen atoms in total. The van der Waals surface area contributed by atoms with Gasteiger partial charge in [-0.05, 0) is 17.9 Å². The minimum Gasteiger partial charge on any atom is -0.469 e. The molecule has 2 rings (SSSR count). The lowest BCUT2D eigenvalue weighted by Crippen LogP contribution is -2.49. The van der Waals surface area contributed by atoms with Crippen LogP contribution in [0.2, 0.25) is 0 Å². The lowest BCUT2D eigenvalue weighted by atomic mass is 9.91. The lowest BCUT2D eigenvalue weighted by molar-refractivity contribution is -0.142. The Bertz CT molecular complexity index is 512. The van der Waals surface area contributed by atoms with Gasteiger partial charge in [-0.1, -0.05) is 30.3 Å². The van der Waals surface area contributed by atoms with E-state index in [-0.39, 0.29) is 17.9 Å². The quantitative estimate of drug-likeness (QED) is 0.638. The first-order valence-electron chi connectivity index (χ1n) is 7.64. The predicted octanol–water partition coefficient (Wildman–Crippen LogP) is 1.55. The molecule has 1 aromatic carbocycles. The number of likely N-dealkylation sites (tertiary alicyclic amines) is 1. The zero-order chi connectivity index (χ0) is 15.8. The zero-order valence-electron chi connectivity index (χ0n) is 13.0. The van der Waals surface area contributed by atoms with Crippen LogP contribution in [0.4, 0.5) is 0 Å². The number of methoxy groups -OCH3 is 1. The first kappa shape index (κ1) is 16.5. The van der Waals surface area contributed by atoms with Crippen molar-refractivity contribution < 1.29 is 9.53 Å². The van der Waals surface area contributed by atoms with Crippen LogP contribution in [0, 0.1) is 17.2 Å². The highest BCUT2D eigenvalue weighted by Gasteiger charge is 2.28. The Morgan fingerprint density at radius 1 is 1.41 bits per heavy atom. The van der Waals surface area contributed by atoms with E-state index in [0.717, 1.165) is 26.1 Å². The first-order chi connectivity index (χ1) is 10.7. The summed E-state index contributed by atoms with van der Waals surface area (Å²) in [4.78, 5) is 13.6. The summed E-state index contributed by atoms with van der Waals surface area (Å²) < 4.78 is 4.77. The van der Waals surface area contributed by atoms with Gasteiger partial charge < -0.3 is 10.1 Å². The molecule has 5 heteroatoms. The van der Waals surface area contributed by atoms with E-state index < -0.39 is 0 Å². The van der Waals surface area contributed by atoms with E-state index >= 15 is 0 Å². The molecular weight excluding hydrogens is 278 g/mol. The topological polar surface area (TPSA) is 65.4 Å². The normalized spacial score (nSPS) is 22.0. The molecule has 0 amide bonds. The van der Waals surface area contributed by atoms with Crippen molar-refractivity contribution >= 4 is 5.97 Å². The third kappa shape index (κ3) is 5.14. The Labute approximate surface area is 131 Å². The van der Waals surface area contributed by atoms with Crippen LogP contribution in [-0.2, 0) is 16.1 Å². The van der Waals surface area contributed by atoms with Crippen LogP contribution < -0.4 is 5.32 Å². The highest BCUT2D eigenvalue weighted by atomic mass is 16.5. The Morgan fingerprint density at radius 2 is 2.18 bits per heavy atom. The molecule has 1 heterocycles. The number of benzene rings is 1. The van der Waals surface area contributed by atoms with Crippen LogP contribution in [0.15, 0.2) is 30.3 Å². The van der Waals surface area contributed by atoms with Crippen molar-refractivity contribution in [1.82, 2.24) is 10.2 Å². The number of hydrogen-bond acceptors (Lipinski definition) is 5. The molecule has 2 unspecified atom stereocenters. The molecule has 1 saturated heterocycles. The molecular formula is C17H23N3O2. The predicted molar refractivity (Wildman–Crippen MR) is 83.9 cm³/mol. The first-order valence-corrected chi connectivity index (χ1v) is 7.64. The standard InChI is InChI=1S/C17H23N3O2/c1-22-17(21)10-15-9-16(13-20(12-15)8-7-18)19-11-14-5-3-2-4-6-14/h2-6,15-16,19H,8-13H2,1H3. The number of carbonyl (C=O) groups excluding carboxylic acids is 1. The summed E-state index contributed by atoms with van der Waals surface area (Å²) >= 11 is 0. The van der Waals surface area contributed by atoms with E-state index in [1.54, 1.807) is 0 Å². The van der Waals surface area contributed by atoms with Crippen molar-refractivity contribution in [3.05, 3.63) is 35.9 Å². The summed E-state index contributed by atoms with van der Waals surface area (Å²) in [6.07, 6.45) is 1.35. The van der Waals surface area contributed by atoms with Crippen molar-refractivity contribution in [2.24, 2.45) is 5.92 Å². The van der Waals surface area contributed by atoms with Gasteiger partial charge in [-0.25, -0.2) is 0 Å². The minimum absolute atomic E-state index is 0.175. The molecule has 0 radical (unpaired) electrons. The number of nitriles is 1. The molecule has 1 aliphatic heterocycles. The Balaban J connectivity index is 1.90. The summed E-state index contributed by atoms with van der Waals surface area (Å²) in [5.74, 6) is 0.0634. The maximum atomic E-state index is 11.5. The van der Waals surface area contributed by atoms with E-state index in [0.29, 0.717) is 13.0 Å². The largest absolute Gasteiger partial charge is 0.469 e. The van der Waals surface area contributed by atoms with Crippen molar-refractivity contribution in [3.8, 4) is 6.07 Å². The van der Waals surface area contributed by atoms with E-state index in [2.05, 4.69) is 28.4 Å². The molecule has 2 atom stereocenters. The van der Waals surface area contributed by atoms with E-state index in [9.17, 15) is 4.79 Å². The number of ether oxygens (including phenoxy) is 1. The highest BCUT2D eigenvalue weighted by Crippen LogP contribution is 2.20. The van der Waals surface area contributed by atoms with Gasteiger partial charge >= 0.3 is 5.97 Å². The smallest absolute Gasteiger partial charge is 0.305 e. The minimum atomic E-state index is -0.175. The van der Waals surface area contributed by atoms with Crippen molar-refractivity contribution in [1.29, 1.82) is 5.26 Å². The second-order valence-electron chi connectivity index (χ2n) is 5.80. The molecule has 0 aromatic heterocycles. The van der Waals surface area contributed by atoms with Crippen LogP contribution in [0.1, 0.15) is 18.4 Å². The average Bonchev–Trinajstić information content (AvgIpc) is 2.54. The molecule has 1 aliphatic rings. The molecule has 1 aromatic rings. The van der Waals surface area contributed by atoms with E-state index in [1.807, 2.05) is 18.2 Å². The summed E-state index contributed by atoms with van der Waals surface area (Å²) in [7, 11) is 1.42. The van der Waals surface area contributed by atoms with Crippen molar-refractivity contribution in [3.63, 3.8) is 0 Å². The van der Waals surface area contributed by atoms with Gasteiger partial charge in [0.25, 0.3) is 0 Å². The van der Waals surface area contributed by atoms with Crippen LogP contribution in [0.3, 0.4) is 0 Å². The average molecular weight is 301 g/mol. The molecule has 0 saturated carbocycles. The third-order valence-corrected chi connectivity index (χ3v) is 4.03. The maximum absolute atomic E-state index is 11.5. The van der Waals surface area contributed by atoms with Crippen LogP contribution >= 0.6 is 0 Å². The van der Waals surface area contributed by atoms with Gasteiger partial charge in [-0.15, -0.1) is 0 Å². The number of nitrogens with one attached hydrogen (secondary N) is 1. The van der Waals surface area contributed by atoms with Gasteiger partial charge in [-0.2, -0.15) is 5.26 Å². The fraction of sp³-hybridized carbons (Fsp3) is 0.529. The molecule has 22 heavy (non-hydrogen) atoms. The van der Waals surface area contributed by atoms with Crippen molar-refractivity contribution in [2.45, 2.75) is 25.4 Å². The molecule has 118 valence electrons. The number of hydrogen-bond donors (Lipinski definition) is 1.